The molecule has 0 spiro atoms. The van der Waals surface area contributed by atoms with Crippen molar-refractivity contribution in [1.29, 1.82) is 0 Å². The minimum atomic E-state index is -1.32. The maximum atomic E-state index is 11.6. The number of hydrogen-bond donors (Lipinski definition) is 0. The molecule has 2 rings (SSSR count). The molecular formula is C10H12O5. The highest BCUT2D eigenvalue weighted by Gasteiger charge is 2.61. The Labute approximate surface area is 86.7 Å². The molecule has 2 atom stereocenters. The number of carbonyl (C=O) groups excluding carboxylic acids is 3. The summed E-state index contributed by atoms with van der Waals surface area (Å²) in [5, 5.41) is 0. The molecule has 1 aliphatic carbocycles. The van der Waals surface area contributed by atoms with Crippen molar-refractivity contribution >= 4 is 17.9 Å². The fourth-order valence-electron chi connectivity index (χ4n) is 2.37. The lowest BCUT2D eigenvalue weighted by Gasteiger charge is -2.32. The smallest absolute Gasteiger partial charge is 0.359 e. The molecule has 0 N–H and O–H groups in total. The van der Waals surface area contributed by atoms with Gasteiger partial charge in [0.05, 0.1) is 0 Å². The zero-order valence-corrected chi connectivity index (χ0v) is 8.45. The van der Waals surface area contributed by atoms with E-state index in [9.17, 15) is 14.4 Å². The van der Waals surface area contributed by atoms with E-state index in [1.165, 1.54) is 6.92 Å². The zero-order chi connectivity index (χ0) is 11.1. The predicted octanol–water partition coefficient (Wildman–Crippen LogP) is 0.562. The monoisotopic (exact) mass is 212 g/mol. The van der Waals surface area contributed by atoms with Gasteiger partial charge >= 0.3 is 17.9 Å². The first-order valence-electron chi connectivity index (χ1n) is 5.02. The highest BCUT2D eigenvalue weighted by Crippen LogP contribution is 2.43. The van der Waals surface area contributed by atoms with Gasteiger partial charge in [-0.25, -0.2) is 4.79 Å². The molecule has 2 aliphatic rings. The first-order chi connectivity index (χ1) is 7.06. The summed E-state index contributed by atoms with van der Waals surface area (Å²) in [6, 6.07) is 0. The van der Waals surface area contributed by atoms with Crippen molar-refractivity contribution in [3.63, 3.8) is 0 Å². The second kappa shape index (κ2) is 3.32. The molecule has 82 valence electrons. The van der Waals surface area contributed by atoms with E-state index in [1.807, 2.05) is 0 Å². The number of rotatable bonds is 1. The van der Waals surface area contributed by atoms with Gasteiger partial charge in [0.1, 0.15) is 5.92 Å². The Balaban J connectivity index is 2.33. The van der Waals surface area contributed by atoms with E-state index in [0.29, 0.717) is 12.8 Å². The van der Waals surface area contributed by atoms with E-state index >= 15 is 0 Å². The normalized spacial score (nSPS) is 34.6. The van der Waals surface area contributed by atoms with Gasteiger partial charge < -0.3 is 9.47 Å². The lowest BCUT2D eigenvalue weighted by atomic mass is 9.77. The molecule has 0 aromatic carbocycles. The van der Waals surface area contributed by atoms with E-state index in [2.05, 4.69) is 4.74 Å². The number of cyclic esters (lactones) is 2. The molecule has 15 heavy (non-hydrogen) atoms. The molecule has 0 radical (unpaired) electrons. The van der Waals surface area contributed by atoms with Crippen LogP contribution in [0.4, 0.5) is 0 Å². The predicted molar refractivity (Wildman–Crippen MR) is 47.6 cm³/mol. The molecular weight excluding hydrogens is 200 g/mol. The third-order valence-electron chi connectivity index (χ3n) is 3.00. The number of hydrogen-bond acceptors (Lipinski definition) is 5. The van der Waals surface area contributed by atoms with Crippen LogP contribution in [0.3, 0.4) is 0 Å². The Kier molecular flexibility index (Phi) is 2.25. The van der Waals surface area contributed by atoms with Gasteiger partial charge in [-0.1, -0.05) is 6.42 Å². The summed E-state index contributed by atoms with van der Waals surface area (Å²) in [5.41, 5.74) is -1.32. The number of esters is 3. The van der Waals surface area contributed by atoms with Gasteiger partial charge in [0.15, 0.2) is 0 Å². The van der Waals surface area contributed by atoms with Crippen LogP contribution in [0, 0.1) is 5.92 Å². The molecule has 1 saturated carbocycles. The second-order valence-corrected chi connectivity index (χ2v) is 3.99. The SMILES string of the molecule is CC(=O)OC12CCCCC1C(=O)OC2=O. The van der Waals surface area contributed by atoms with Crippen LogP contribution in [-0.4, -0.2) is 23.5 Å². The van der Waals surface area contributed by atoms with Crippen LogP contribution in [0.2, 0.25) is 0 Å². The summed E-state index contributed by atoms with van der Waals surface area (Å²) in [6.07, 6.45) is 2.57. The Hall–Kier alpha value is -1.39. The average molecular weight is 212 g/mol. The van der Waals surface area contributed by atoms with Crippen LogP contribution in [-0.2, 0) is 23.9 Å². The Bertz CT molecular complexity index is 335. The van der Waals surface area contributed by atoms with Crippen molar-refractivity contribution in [2.45, 2.75) is 38.2 Å². The van der Waals surface area contributed by atoms with Gasteiger partial charge in [0, 0.05) is 6.92 Å². The van der Waals surface area contributed by atoms with Crippen molar-refractivity contribution in [2.24, 2.45) is 5.92 Å². The lowest BCUT2D eigenvalue weighted by Crippen LogP contribution is -2.47. The van der Waals surface area contributed by atoms with Crippen molar-refractivity contribution < 1.29 is 23.9 Å². The summed E-state index contributed by atoms with van der Waals surface area (Å²) in [5.74, 6) is -2.40. The van der Waals surface area contributed by atoms with Crippen molar-refractivity contribution in [2.75, 3.05) is 0 Å². The minimum Gasteiger partial charge on any atom is -0.446 e. The molecule has 1 saturated heterocycles. The second-order valence-electron chi connectivity index (χ2n) is 3.99. The highest BCUT2D eigenvalue weighted by atomic mass is 16.6. The summed E-state index contributed by atoms with van der Waals surface area (Å²) in [7, 11) is 0. The quantitative estimate of drug-likeness (QED) is 0.469. The average Bonchev–Trinajstić information content (AvgIpc) is 2.39. The maximum Gasteiger partial charge on any atom is 0.359 e. The maximum absolute atomic E-state index is 11.6. The molecule has 1 aliphatic heterocycles. The third-order valence-corrected chi connectivity index (χ3v) is 3.00. The fourth-order valence-corrected chi connectivity index (χ4v) is 2.37. The highest BCUT2D eigenvalue weighted by molar-refractivity contribution is 6.02. The molecule has 0 amide bonds. The van der Waals surface area contributed by atoms with Crippen LogP contribution in [0.25, 0.3) is 0 Å². The van der Waals surface area contributed by atoms with Crippen LogP contribution in [0.1, 0.15) is 32.6 Å². The standard InChI is InChI=1S/C10H12O5/c1-6(11)15-10-5-3-2-4-7(10)8(12)14-9(10)13/h7H,2-5H2,1H3. The molecule has 0 aromatic rings. The number of ether oxygens (including phenoxy) is 2. The topological polar surface area (TPSA) is 69.7 Å². The largest absolute Gasteiger partial charge is 0.446 e. The molecule has 0 aromatic heterocycles. The van der Waals surface area contributed by atoms with Crippen molar-refractivity contribution in [3.8, 4) is 0 Å². The number of carbonyl (C=O) groups is 3. The number of fused-ring (bicyclic) bond motifs is 1. The summed E-state index contributed by atoms with van der Waals surface area (Å²) in [4.78, 5) is 33.9. The first kappa shape index (κ1) is 10.1. The molecule has 2 unspecified atom stereocenters. The minimum absolute atomic E-state index is 0.391. The zero-order valence-electron chi connectivity index (χ0n) is 8.45. The third kappa shape index (κ3) is 1.42. The van der Waals surface area contributed by atoms with Gasteiger partial charge in [-0.15, -0.1) is 0 Å². The summed E-state index contributed by atoms with van der Waals surface area (Å²) in [6.45, 7) is 1.23. The Morgan fingerprint density at radius 1 is 1.47 bits per heavy atom. The van der Waals surface area contributed by atoms with Crippen LogP contribution in [0.15, 0.2) is 0 Å². The fraction of sp³-hybridized carbons (Fsp3) is 0.700. The van der Waals surface area contributed by atoms with Crippen molar-refractivity contribution in [1.82, 2.24) is 0 Å². The van der Waals surface area contributed by atoms with Gasteiger partial charge in [-0.05, 0) is 19.3 Å². The van der Waals surface area contributed by atoms with Gasteiger partial charge in [-0.2, -0.15) is 0 Å². The molecule has 1 heterocycles. The van der Waals surface area contributed by atoms with Crippen molar-refractivity contribution in [3.05, 3.63) is 0 Å². The molecule has 5 heteroatoms. The first-order valence-corrected chi connectivity index (χ1v) is 5.02. The summed E-state index contributed by atoms with van der Waals surface area (Å²) >= 11 is 0. The molecule has 5 nitrogen and oxygen atoms in total. The lowest BCUT2D eigenvalue weighted by molar-refractivity contribution is -0.177. The van der Waals surface area contributed by atoms with E-state index < -0.39 is 29.4 Å². The van der Waals surface area contributed by atoms with E-state index in [-0.39, 0.29) is 0 Å². The van der Waals surface area contributed by atoms with Gasteiger partial charge in [-0.3, -0.25) is 9.59 Å². The van der Waals surface area contributed by atoms with Crippen LogP contribution >= 0.6 is 0 Å². The molecule has 2 fully saturated rings. The van der Waals surface area contributed by atoms with E-state index in [4.69, 9.17) is 4.74 Å². The Morgan fingerprint density at radius 3 is 2.87 bits per heavy atom. The van der Waals surface area contributed by atoms with Gasteiger partial charge in [0.25, 0.3) is 0 Å². The van der Waals surface area contributed by atoms with E-state index in [0.717, 1.165) is 12.8 Å². The van der Waals surface area contributed by atoms with Crippen LogP contribution in [0.5, 0.6) is 0 Å². The van der Waals surface area contributed by atoms with Gasteiger partial charge in [0.2, 0.25) is 5.60 Å². The molecule has 0 bridgehead atoms. The summed E-state index contributed by atoms with van der Waals surface area (Å²) < 4.78 is 9.61. The Morgan fingerprint density at radius 2 is 2.20 bits per heavy atom. The van der Waals surface area contributed by atoms with E-state index in [1.54, 1.807) is 0 Å². The van der Waals surface area contributed by atoms with Crippen LogP contribution < -0.4 is 0 Å².